The third-order valence-corrected chi connectivity index (χ3v) is 7.50. The Bertz CT molecular complexity index is 1050. The number of aromatic nitrogens is 1. The van der Waals surface area contributed by atoms with Crippen LogP contribution in [-0.4, -0.2) is 29.1 Å². The summed E-state index contributed by atoms with van der Waals surface area (Å²) in [5.74, 6) is 0.742. The Kier molecular flexibility index (Phi) is 7.96. The number of amides is 2. The summed E-state index contributed by atoms with van der Waals surface area (Å²) in [5.41, 5.74) is 2.25. The van der Waals surface area contributed by atoms with Crippen LogP contribution in [0.25, 0.3) is 10.6 Å². The number of carbonyl (C=O) groups excluding carboxylic acids is 2. The molecule has 0 aliphatic heterocycles. The van der Waals surface area contributed by atoms with E-state index in [-0.39, 0.29) is 11.8 Å². The van der Waals surface area contributed by atoms with E-state index in [4.69, 9.17) is 0 Å². The van der Waals surface area contributed by atoms with Gasteiger partial charge in [0.1, 0.15) is 5.01 Å². The van der Waals surface area contributed by atoms with Gasteiger partial charge in [-0.2, -0.15) is 0 Å². The van der Waals surface area contributed by atoms with E-state index in [9.17, 15) is 9.59 Å². The van der Waals surface area contributed by atoms with Crippen molar-refractivity contribution in [1.29, 1.82) is 0 Å². The first-order valence-corrected chi connectivity index (χ1v) is 12.9. The molecule has 1 heterocycles. The molecule has 0 spiro atoms. The molecule has 0 saturated heterocycles. The molecule has 0 atom stereocenters. The van der Waals surface area contributed by atoms with Gasteiger partial charge in [-0.1, -0.05) is 43.5 Å². The van der Waals surface area contributed by atoms with Crippen LogP contribution in [0.4, 0.5) is 5.69 Å². The van der Waals surface area contributed by atoms with Gasteiger partial charge in [0.15, 0.2) is 0 Å². The molecule has 0 bridgehead atoms. The second-order valence-corrected chi connectivity index (χ2v) is 9.88. The number of benzene rings is 2. The van der Waals surface area contributed by atoms with Gasteiger partial charge in [-0.25, -0.2) is 4.98 Å². The molecular formula is C25H27N3O2S2. The van der Waals surface area contributed by atoms with E-state index < -0.39 is 0 Å². The first-order chi connectivity index (χ1) is 15.7. The zero-order valence-electron chi connectivity index (χ0n) is 17.9. The minimum Gasteiger partial charge on any atom is -0.355 e. The number of hydrogen-bond acceptors (Lipinski definition) is 5. The topological polar surface area (TPSA) is 71.1 Å². The highest BCUT2D eigenvalue weighted by atomic mass is 32.2. The number of hydrogen-bond donors (Lipinski definition) is 2. The van der Waals surface area contributed by atoms with Crippen molar-refractivity contribution in [2.75, 3.05) is 17.6 Å². The monoisotopic (exact) mass is 465 g/mol. The van der Waals surface area contributed by atoms with Crippen molar-refractivity contribution in [3.8, 4) is 10.6 Å². The Hall–Kier alpha value is -2.64. The summed E-state index contributed by atoms with van der Waals surface area (Å²) in [5, 5.41) is 8.89. The van der Waals surface area contributed by atoms with Gasteiger partial charge in [0, 0.05) is 34.3 Å². The Morgan fingerprint density at radius 3 is 2.72 bits per heavy atom. The van der Waals surface area contributed by atoms with Crippen LogP contribution in [-0.2, 0) is 4.79 Å². The number of rotatable bonds is 8. The fourth-order valence-electron chi connectivity index (χ4n) is 3.92. The number of thiazole rings is 1. The lowest BCUT2D eigenvalue weighted by Gasteiger charge is -2.21. The predicted molar refractivity (Wildman–Crippen MR) is 132 cm³/mol. The number of anilines is 1. The first kappa shape index (κ1) is 22.6. The highest BCUT2D eigenvalue weighted by Gasteiger charge is 2.16. The summed E-state index contributed by atoms with van der Waals surface area (Å²) < 4.78 is 0. The maximum atomic E-state index is 13.0. The number of nitrogens with zero attached hydrogens (tertiary/aromatic N) is 1. The lowest BCUT2D eigenvalue weighted by atomic mass is 9.89. The molecule has 2 aromatic carbocycles. The predicted octanol–water partition coefficient (Wildman–Crippen LogP) is 5.85. The van der Waals surface area contributed by atoms with E-state index in [1.165, 1.54) is 43.9 Å². The molecule has 32 heavy (non-hydrogen) atoms. The van der Waals surface area contributed by atoms with Gasteiger partial charge in [-0.15, -0.1) is 23.1 Å². The normalized spacial score (nSPS) is 14.1. The molecular weight excluding hydrogens is 438 g/mol. The lowest BCUT2D eigenvalue weighted by molar-refractivity contribution is -0.118. The number of nitrogens with one attached hydrogen (secondary N) is 2. The highest BCUT2D eigenvalue weighted by molar-refractivity contribution is 8.00. The van der Waals surface area contributed by atoms with Crippen molar-refractivity contribution in [3.05, 3.63) is 65.7 Å². The van der Waals surface area contributed by atoms with Crippen molar-refractivity contribution in [2.45, 2.75) is 37.0 Å². The van der Waals surface area contributed by atoms with Crippen molar-refractivity contribution in [2.24, 2.45) is 5.92 Å². The molecule has 3 aromatic rings. The standard InChI is InChI=1S/C25H27N3O2S2/c29-23(27-16-18-7-2-1-3-8-18)17-32-22-12-5-4-11-21(22)24(30)28-20-10-6-9-19(15-20)25-26-13-14-31-25/h4-6,9-15,18H,1-3,7-8,16-17H2,(H,27,29)(H,28,30). The van der Waals surface area contributed by atoms with Crippen LogP contribution in [0.5, 0.6) is 0 Å². The Balaban J connectivity index is 1.35. The van der Waals surface area contributed by atoms with Crippen LogP contribution in [0.1, 0.15) is 42.5 Å². The molecule has 2 N–H and O–H groups in total. The van der Waals surface area contributed by atoms with E-state index in [1.807, 2.05) is 47.8 Å². The van der Waals surface area contributed by atoms with Crippen LogP contribution in [0, 0.1) is 5.92 Å². The third-order valence-electron chi connectivity index (χ3n) is 5.60. The van der Waals surface area contributed by atoms with Crippen LogP contribution in [0.15, 0.2) is 65.0 Å². The van der Waals surface area contributed by atoms with E-state index in [1.54, 1.807) is 23.6 Å². The summed E-state index contributed by atoms with van der Waals surface area (Å²) in [6, 6.07) is 15.1. The molecule has 166 valence electrons. The summed E-state index contributed by atoms with van der Waals surface area (Å²) in [6.45, 7) is 0.761. The minimum absolute atomic E-state index is 0.0203. The Morgan fingerprint density at radius 2 is 1.91 bits per heavy atom. The molecule has 7 heteroatoms. The van der Waals surface area contributed by atoms with Gasteiger partial charge >= 0.3 is 0 Å². The molecule has 1 aliphatic rings. The minimum atomic E-state index is -0.188. The molecule has 2 amide bonds. The van der Waals surface area contributed by atoms with Gasteiger partial charge in [0.2, 0.25) is 5.91 Å². The summed E-state index contributed by atoms with van der Waals surface area (Å²) in [4.78, 5) is 30.4. The zero-order valence-corrected chi connectivity index (χ0v) is 19.5. The van der Waals surface area contributed by atoms with Gasteiger partial charge in [0.25, 0.3) is 5.91 Å². The molecule has 5 nitrogen and oxygen atoms in total. The molecule has 1 aromatic heterocycles. The SMILES string of the molecule is O=C(CSc1ccccc1C(=O)Nc1cccc(-c2nccs2)c1)NCC1CCCCC1. The molecule has 1 aliphatic carbocycles. The highest BCUT2D eigenvalue weighted by Crippen LogP contribution is 2.27. The van der Waals surface area contributed by atoms with E-state index in [0.717, 1.165) is 22.0 Å². The first-order valence-electron chi connectivity index (χ1n) is 11.0. The maximum Gasteiger partial charge on any atom is 0.256 e. The van der Waals surface area contributed by atoms with E-state index in [0.29, 0.717) is 22.9 Å². The molecule has 1 fully saturated rings. The van der Waals surface area contributed by atoms with Crippen molar-refractivity contribution in [3.63, 3.8) is 0 Å². The van der Waals surface area contributed by atoms with Crippen molar-refractivity contribution in [1.82, 2.24) is 10.3 Å². The van der Waals surface area contributed by atoms with E-state index in [2.05, 4.69) is 15.6 Å². The lowest BCUT2D eigenvalue weighted by Crippen LogP contribution is -2.31. The van der Waals surface area contributed by atoms with E-state index >= 15 is 0 Å². The van der Waals surface area contributed by atoms with Gasteiger partial charge < -0.3 is 10.6 Å². The Morgan fingerprint density at radius 1 is 1.06 bits per heavy atom. The Labute approximate surface area is 197 Å². The number of thioether (sulfide) groups is 1. The summed E-state index contributed by atoms with van der Waals surface area (Å²) in [6.07, 6.45) is 8.04. The van der Waals surface area contributed by atoms with Gasteiger partial charge in [-0.3, -0.25) is 9.59 Å². The van der Waals surface area contributed by atoms with Crippen LogP contribution in [0.3, 0.4) is 0 Å². The van der Waals surface area contributed by atoms with Crippen molar-refractivity contribution >= 4 is 40.6 Å². The third kappa shape index (κ3) is 6.20. The molecule has 0 unspecified atom stereocenters. The largest absolute Gasteiger partial charge is 0.355 e. The fourth-order valence-corrected chi connectivity index (χ4v) is 5.43. The summed E-state index contributed by atoms with van der Waals surface area (Å²) >= 11 is 2.96. The smallest absolute Gasteiger partial charge is 0.256 e. The second kappa shape index (κ2) is 11.3. The molecule has 1 saturated carbocycles. The quantitative estimate of drug-likeness (QED) is 0.409. The average Bonchev–Trinajstić information content (AvgIpc) is 3.38. The van der Waals surface area contributed by atoms with Crippen molar-refractivity contribution < 1.29 is 9.59 Å². The molecule has 0 radical (unpaired) electrons. The van der Waals surface area contributed by atoms with Gasteiger partial charge in [0.05, 0.1) is 11.3 Å². The second-order valence-electron chi connectivity index (χ2n) is 7.97. The number of carbonyl (C=O) groups is 2. The zero-order chi connectivity index (χ0) is 22.2. The molecule has 4 rings (SSSR count). The summed E-state index contributed by atoms with van der Waals surface area (Å²) in [7, 11) is 0. The van der Waals surface area contributed by atoms with Crippen LogP contribution in [0.2, 0.25) is 0 Å². The fraction of sp³-hybridized carbons (Fsp3) is 0.320. The maximum absolute atomic E-state index is 13.0. The average molecular weight is 466 g/mol. The van der Waals surface area contributed by atoms with Crippen LogP contribution < -0.4 is 10.6 Å². The van der Waals surface area contributed by atoms with Crippen LogP contribution >= 0.6 is 23.1 Å². The van der Waals surface area contributed by atoms with Gasteiger partial charge in [-0.05, 0) is 43.0 Å².